The summed E-state index contributed by atoms with van der Waals surface area (Å²) in [5.41, 5.74) is 3.62. The third-order valence-corrected chi connectivity index (χ3v) is 4.84. The normalized spacial score (nSPS) is 15.0. The van der Waals surface area contributed by atoms with Gasteiger partial charge in [0, 0.05) is 11.6 Å². The molecule has 0 spiro atoms. The van der Waals surface area contributed by atoms with E-state index in [1.54, 1.807) is 7.11 Å². The van der Waals surface area contributed by atoms with E-state index >= 15 is 0 Å². The van der Waals surface area contributed by atoms with Gasteiger partial charge in [-0.3, -0.25) is 4.79 Å². The Kier molecular flexibility index (Phi) is 4.11. The molecule has 0 unspecified atom stereocenters. The highest BCUT2D eigenvalue weighted by molar-refractivity contribution is 6.06. The Hall–Kier alpha value is -2.89. The van der Waals surface area contributed by atoms with Crippen molar-refractivity contribution in [2.24, 2.45) is 0 Å². The average molecular weight is 351 g/mol. The molecule has 1 N–H and O–H groups in total. The van der Waals surface area contributed by atoms with Crippen molar-refractivity contribution in [3.63, 3.8) is 0 Å². The van der Waals surface area contributed by atoms with Gasteiger partial charge in [0.15, 0.2) is 0 Å². The summed E-state index contributed by atoms with van der Waals surface area (Å²) < 4.78 is 10.5. The number of pyridine rings is 1. The van der Waals surface area contributed by atoms with Gasteiger partial charge in [-0.15, -0.1) is 0 Å². The Bertz CT molecular complexity index is 958. The van der Waals surface area contributed by atoms with Crippen molar-refractivity contribution in [2.75, 3.05) is 7.11 Å². The predicted octanol–water partition coefficient (Wildman–Crippen LogP) is 3.91. The second kappa shape index (κ2) is 6.44. The van der Waals surface area contributed by atoms with Gasteiger partial charge in [0.1, 0.15) is 5.75 Å². The number of aromatic nitrogens is 2. The Morgan fingerprint density at radius 3 is 2.69 bits per heavy atom. The van der Waals surface area contributed by atoms with Gasteiger partial charge in [-0.05, 0) is 50.5 Å². The summed E-state index contributed by atoms with van der Waals surface area (Å²) in [6, 6.07) is 9.43. The van der Waals surface area contributed by atoms with E-state index in [1.807, 2.05) is 44.2 Å². The number of rotatable bonds is 5. The molecule has 1 aromatic carbocycles. The average Bonchev–Trinajstić information content (AvgIpc) is 3.44. The van der Waals surface area contributed by atoms with Gasteiger partial charge >= 0.3 is 0 Å². The van der Waals surface area contributed by atoms with Gasteiger partial charge in [-0.1, -0.05) is 17.3 Å². The zero-order valence-electron chi connectivity index (χ0n) is 15.1. The second-order valence-electron chi connectivity index (χ2n) is 6.79. The fraction of sp³-hybridized carbons (Fsp3) is 0.350. The lowest BCUT2D eigenvalue weighted by Gasteiger charge is -2.15. The van der Waals surface area contributed by atoms with Crippen LogP contribution < -0.4 is 10.1 Å². The number of carbonyl (C=O) groups is 1. The topological polar surface area (TPSA) is 77.2 Å². The molecule has 1 aliphatic rings. The minimum absolute atomic E-state index is 0.138. The summed E-state index contributed by atoms with van der Waals surface area (Å²) in [4.78, 5) is 17.5. The Labute approximate surface area is 151 Å². The molecule has 1 atom stereocenters. The number of carbonyl (C=O) groups excluding carboxylic acids is 1. The molecule has 6 heteroatoms. The molecule has 4 rings (SSSR count). The molecule has 1 aliphatic carbocycles. The number of ether oxygens (including phenoxy) is 1. The van der Waals surface area contributed by atoms with Crippen molar-refractivity contribution in [2.45, 2.75) is 38.6 Å². The van der Waals surface area contributed by atoms with Crippen LogP contribution in [0.5, 0.6) is 5.75 Å². The zero-order valence-corrected chi connectivity index (χ0v) is 15.1. The summed E-state index contributed by atoms with van der Waals surface area (Å²) >= 11 is 0. The molecule has 2 heterocycles. The molecule has 0 saturated heterocycles. The molecule has 3 aromatic rings. The predicted molar refractivity (Wildman–Crippen MR) is 97.4 cm³/mol. The van der Waals surface area contributed by atoms with Gasteiger partial charge in [0.05, 0.1) is 29.8 Å². The molecular formula is C20H21N3O3. The molecule has 1 saturated carbocycles. The van der Waals surface area contributed by atoms with E-state index in [0.717, 1.165) is 29.8 Å². The van der Waals surface area contributed by atoms with Gasteiger partial charge < -0.3 is 14.6 Å². The molecule has 0 bridgehead atoms. The van der Waals surface area contributed by atoms with Gasteiger partial charge in [0.25, 0.3) is 11.6 Å². The first-order chi connectivity index (χ1) is 12.6. The van der Waals surface area contributed by atoms with Gasteiger partial charge in [-0.2, -0.15) is 0 Å². The quantitative estimate of drug-likeness (QED) is 0.754. The summed E-state index contributed by atoms with van der Waals surface area (Å²) in [6.45, 7) is 3.79. The van der Waals surface area contributed by atoms with Crippen molar-refractivity contribution in [1.29, 1.82) is 0 Å². The maximum atomic E-state index is 13.0. The van der Waals surface area contributed by atoms with E-state index < -0.39 is 0 Å². The number of hydrogen-bond donors (Lipinski definition) is 1. The van der Waals surface area contributed by atoms with Crippen LogP contribution in [0.2, 0.25) is 0 Å². The Morgan fingerprint density at radius 1 is 1.31 bits per heavy atom. The first-order valence-electron chi connectivity index (χ1n) is 8.78. The molecule has 6 nitrogen and oxygen atoms in total. The monoisotopic (exact) mass is 351 g/mol. The summed E-state index contributed by atoms with van der Waals surface area (Å²) in [6.07, 6.45) is 2.21. The number of nitrogens with one attached hydrogen (secondary N) is 1. The van der Waals surface area contributed by atoms with E-state index in [9.17, 15) is 4.79 Å². The van der Waals surface area contributed by atoms with Gasteiger partial charge in [0.2, 0.25) is 0 Å². The maximum Gasteiger partial charge on any atom is 0.259 e. The minimum atomic E-state index is -0.145. The molecule has 26 heavy (non-hydrogen) atoms. The third-order valence-electron chi connectivity index (χ3n) is 4.84. The van der Waals surface area contributed by atoms with E-state index in [-0.39, 0.29) is 11.9 Å². The molecule has 0 aliphatic heterocycles. The standard InChI is InChI=1S/C20H21N3O3/c1-11(13-6-8-15(25-3)9-7-13)21-19(24)16-10-17(14-4-5-14)22-20-18(16)12(2)23-26-20/h6-11,14H,4-5H2,1-3H3,(H,21,24)/t11-/m0/s1. The highest BCUT2D eigenvalue weighted by Gasteiger charge is 2.29. The van der Waals surface area contributed by atoms with Crippen molar-refractivity contribution in [1.82, 2.24) is 15.5 Å². The van der Waals surface area contributed by atoms with Crippen LogP contribution in [0, 0.1) is 6.92 Å². The Morgan fingerprint density at radius 2 is 2.04 bits per heavy atom. The SMILES string of the molecule is COc1ccc([C@H](C)NC(=O)c2cc(C3CC3)nc3onc(C)c23)cc1. The Balaban J connectivity index is 1.63. The second-order valence-corrected chi connectivity index (χ2v) is 6.79. The highest BCUT2D eigenvalue weighted by atomic mass is 16.5. The lowest BCUT2D eigenvalue weighted by atomic mass is 10.0. The first kappa shape index (κ1) is 16.6. The van der Waals surface area contributed by atoms with Crippen LogP contribution in [0.4, 0.5) is 0 Å². The lowest BCUT2D eigenvalue weighted by Crippen LogP contribution is -2.27. The smallest absolute Gasteiger partial charge is 0.259 e. The van der Waals surface area contributed by atoms with E-state index in [2.05, 4.69) is 15.5 Å². The van der Waals surface area contributed by atoms with E-state index in [0.29, 0.717) is 28.3 Å². The van der Waals surface area contributed by atoms with Crippen molar-refractivity contribution >= 4 is 17.0 Å². The summed E-state index contributed by atoms with van der Waals surface area (Å²) in [5, 5.41) is 7.74. The minimum Gasteiger partial charge on any atom is -0.497 e. The number of benzene rings is 1. The first-order valence-corrected chi connectivity index (χ1v) is 8.78. The van der Waals surface area contributed by atoms with Crippen molar-refractivity contribution in [3.8, 4) is 5.75 Å². The van der Waals surface area contributed by atoms with E-state index in [4.69, 9.17) is 9.26 Å². The van der Waals surface area contributed by atoms with Crippen LogP contribution in [0.25, 0.3) is 11.1 Å². The third kappa shape index (κ3) is 3.03. The molecule has 1 amide bonds. The van der Waals surface area contributed by atoms with Crippen LogP contribution in [0.15, 0.2) is 34.9 Å². The van der Waals surface area contributed by atoms with Gasteiger partial charge in [-0.25, -0.2) is 4.98 Å². The number of methoxy groups -OCH3 is 1. The van der Waals surface area contributed by atoms with Crippen LogP contribution in [0.1, 0.15) is 59.0 Å². The zero-order chi connectivity index (χ0) is 18.3. The van der Waals surface area contributed by atoms with Crippen LogP contribution in [0.3, 0.4) is 0 Å². The van der Waals surface area contributed by atoms with E-state index in [1.165, 1.54) is 0 Å². The van der Waals surface area contributed by atoms with Crippen LogP contribution >= 0.6 is 0 Å². The fourth-order valence-corrected chi connectivity index (χ4v) is 3.13. The summed E-state index contributed by atoms with van der Waals surface area (Å²) in [5.74, 6) is 1.07. The molecule has 2 aromatic heterocycles. The molecule has 1 fully saturated rings. The lowest BCUT2D eigenvalue weighted by molar-refractivity contribution is 0.0941. The number of amides is 1. The highest BCUT2D eigenvalue weighted by Crippen LogP contribution is 2.40. The fourth-order valence-electron chi connectivity index (χ4n) is 3.13. The number of hydrogen-bond acceptors (Lipinski definition) is 5. The van der Waals surface area contributed by atoms with Crippen LogP contribution in [-0.4, -0.2) is 23.2 Å². The summed E-state index contributed by atoms with van der Waals surface area (Å²) in [7, 11) is 1.63. The molecule has 134 valence electrons. The largest absolute Gasteiger partial charge is 0.497 e. The maximum absolute atomic E-state index is 13.0. The molecule has 0 radical (unpaired) electrons. The van der Waals surface area contributed by atoms with Crippen molar-refractivity contribution in [3.05, 3.63) is 52.8 Å². The number of aryl methyl sites for hydroxylation is 1. The van der Waals surface area contributed by atoms with Crippen LogP contribution in [-0.2, 0) is 0 Å². The number of nitrogens with zero attached hydrogens (tertiary/aromatic N) is 2. The number of fused-ring (bicyclic) bond motifs is 1. The van der Waals surface area contributed by atoms with Crippen molar-refractivity contribution < 1.29 is 14.1 Å². The molecular weight excluding hydrogens is 330 g/mol.